The predicted molar refractivity (Wildman–Crippen MR) is 80.7 cm³/mol. The van der Waals surface area contributed by atoms with Crippen molar-refractivity contribution in [2.75, 3.05) is 19.1 Å². The number of hydrogen-bond donors (Lipinski definition) is 2. The summed E-state index contributed by atoms with van der Waals surface area (Å²) in [5.41, 5.74) is 0.793. The molecule has 21 heavy (non-hydrogen) atoms. The summed E-state index contributed by atoms with van der Waals surface area (Å²) in [6.07, 6.45) is 1.49. The molecule has 1 rings (SSSR count). The number of carboxylic acids is 1. The maximum Gasteiger partial charge on any atom is 0.408 e. The zero-order valence-electron chi connectivity index (χ0n) is 12.0. The second-order valence-corrected chi connectivity index (χ2v) is 5.23. The lowest BCUT2D eigenvalue weighted by atomic mass is 10.2. The molecule has 2 N–H and O–H groups in total. The fourth-order valence-electron chi connectivity index (χ4n) is 1.55. The quantitative estimate of drug-likeness (QED) is 0.765. The molecule has 0 heterocycles. The summed E-state index contributed by atoms with van der Waals surface area (Å²) in [6.45, 7) is 0.0741. The highest BCUT2D eigenvalue weighted by Crippen LogP contribution is 2.12. The van der Waals surface area contributed by atoms with Crippen LogP contribution in [0.25, 0.3) is 0 Å². The molecule has 0 radical (unpaired) electrons. The van der Waals surface area contributed by atoms with Crippen LogP contribution < -0.4 is 10.1 Å². The zero-order chi connectivity index (χ0) is 15.7. The summed E-state index contributed by atoms with van der Waals surface area (Å²) in [6, 6.07) is 6.13. The van der Waals surface area contributed by atoms with Crippen molar-refractivity contribution >= 4 is 23.8 Å². The van der Waals surface area contributed by atoms with Crippen molar-refractivity contribution < 1.29 is 24.2 Å². The van der Waals surface area contributed by atoms with E-state index in [9.17, 15) is 9.59 Å². The van der Waals surface area contributed by atoms with Gasteiger partial charge in [0.2, 0.25) is 0 Å². The lowest BCUT2D eigenvalue weighted by molar-refractivity contribution is -0.139. The summed E-state index contributed by atoms with van der Waals surface area (Å²) in [5, 5.41) is 11.3. The van der Waals surface area contributed by atoms with Crippen LogP contribution >= 0.6 is 11.8 Å². The van der Waals surface area contributed by atoms with E-state index in [1.165, 1.54) is 11.8 Å². The molecule has 0 saturated carbocycles. The molecule has 0 spiro atoms. The fraction of sp³-hybridized carbons (Fsp3) is 0.429. The fourth-order valence-corrected chi connectivity index (χ4v) is 2.02. The highest BCUT2D eigenvalue weighted by molar-refractivity contribution is 7.98. The van der Waals surface area contributed by atoms with Crippen LogP contribution in [0.5, 0.6) is 5.75 Å². The van der Waals surface area contributed by atoms with Crippen molar-refractivity contribution in [3.05, 3.63) is 29.8 Å². The van der Waals surface area contributed by atoms with E-state index in [1.807, 2.05) is 6.26 Å². The van der Waals surface area contributed by atoms with E-state index >= 15 is 0 Å². The Bertz CT molecular complexity index is 463. The number of carboxylic acid groups (broad SMARTS) is 1. The number of benzene rings is 1. The second-order valence-electron chi connectivity index (χ2n) is 4.24. The van der Waals surface area contributed by atoms with Crippen molar-refractivity contribution in [3.63, 3.8) is 0 Å². The van der Waals surface area contributed by atoms with E-state index in [2.05, 4.69) is 5.32 Å². The van der Waals surface area contributed by atoms with E-state index in [0.29, 0.717) is 17.9 Å². The molecular weight excluding hydrogens is 294 g/mol. The van der Waals surface area contributed by atoms with Crippen LogP contribution in [-0.2, 0) is 16.1 Å². The lowest BCUT2D eigenvalue weighted by Crippen LogP contribution is -2.41. The number of alkyl carbamates (subject to hydrolysis) is 1. The molecule has 1 aromatic carbocycles. The predicted octanol–water partition coefficient (Wildman–Crippen LogP) is 2.13. The van der Waals surface area contributed by atoms with Gasteiger partial charge in [-0.3, -0.25) is 0 Å². The van der Waals surface area contributed by atoms with Crippen molar-refractivity contribution in [2.45, 2.75) is 19.1 Å². The Morgan fingerprint density at radius 3 is 2.52 bits per heavy atom. The van der Waals surface area contributed by atoms with Gasteiger partial charge in [0.1, 0.15) is 18.4 Å². The Hall–Kier alpha value is -1.89. The number of hydrogen-bond acceptors (Lipinski definition) is 5. The maximum absolute atomic E-state index is 11.6. The minimum Gasteiger partial charge on any atom is -0.497 e. The average Bonchev–Trinajstić information content (AvgIpc) is 2.49. The number of amides is 1. The molecule has 6 nitrogen and oxygen atoms in total. The van der Waals surface area contributed by atoms with E-state index < -0.39 is 18.1 Å². The van der Waals surface area contributed by atoms with Crippen molar-refractivity contribution in [2.24, 2.45) is 0 Å². The van der Waals surface area contributed by atoms with Gasteiger partial charge >= 0.3 is 12.1 Å². The van der Waals surface area contributed by atoms with Crippen molar-refractivity contribution in [1.29, 1.82) is 0 Å². The first kappa shape index (κ1) is 17.2. The zero-order valence-corrected chi connectivity index (χ0v) is 12.8. The van der Waals surface area contributed by atoms with E-state index in [0.717, 1.165) is 5.56 Å². The first-order chi connectivity index (χ1) is 10.1. The summed E-state index contributed by atoms with van der Waals surface area (Å²) in [5.74, 6) is 0.298. The molecule has 0 aliphatic carbocycles. The van der Waals surface area contributed by atoms with E-state index in [4.69, 9.17) is 14.6 Å². The first-order valence-electron chi connectivity index (χ1n) is 6.34. The molecule has 0 fully saturated rings. The number of ether oxygens (including phenoxy) is 2. The summed E-state index contributed by atoms with van der Waals surface area (Å²) in [7, 11) is 1.57. The van der Waals surface area contributed by atoms with Crippen LogP contribution in [-0.4, -0.2) is 42.3 Å². The third kappa shape index (κ3) is 6.40. The Balaban J connectivity index is 2.42. The largest absolute Gasteiger partial charge is 0.497 e. The summed E-state index contributed by atoms with van der Waals surface area (Å²) in [4.78, 5) is 22.6. The van der Waals surface area contributed by atoms with Gasteiger partial charge in [0.15, 0.2) is 0 Å². The van der Waals surface area contributed by atoms with E-state index in [-0.39, 0.29) is 6.61 Å². The molecule has 0 aliphatic heterocycles. The Kier molecular flexibility index (Phi) is 7.45. The van der Waals surface area contributed by atoms with Crippen LogP contribution in [0.4, 0.5) is 4.79 Å². The molecule has 116 valence electrons. The van der Waals surface area contributed by atoms with Crippen LogP contribution in [0.15, 0.2) is 24.3 Å². The number of carbonyl (C=O) groups is 2. The smallest absolute Gasteiger partial charge is 0.408 e. The summed E-state index contributed by atoms with van der Waals surface area (Å²) < 4.78 is 10.0. The Labute approximate surface area is 127 Å². The molecule has 1 aromatic rings. The number of nitrogens with one attached hydrogen (secondary N) is 1. The second kappa shape index (κ2) is 9.12. The minimum absolute atomic E-state index is 0.0741. The normalized spacial score (nSPS) is 11.5. The van der Waals surface area contributed by atoms with Crippen molar-refractivity contribution in [1.82, 2.24) is 5.32 Å². The van der Waals surface area contributed by atoms with Crippen molar-refractivity contribution in [3.8, 4) is 5.75 Å². The van der Waals surface area contributed by atoms with Gasteiger partial charge in [-0.25, -0.2) is 9.59 Å². The maximum atomic E-state index is 11.6. The third-order valence-corrected chi connectivity index (χ3v) is 3.37. The SMILES string of the molecule is COc1ccc(COC(=O)N[C@H](CCSC)C(=O)O)cc1. The van der Waals surface area contributed by atoms with Gasteiger partial charge in [-0.2, -0.15) is 11.8 Å². The number of rotatable bonds is 8. The number of methoxy groups -OCH3 is 1. The third-order valence-electron chi connectivity index (χ3n) is 2.73. The molecule has 0 bridgehead atoms. The van der Waals surface area contributed by atoms with Crippen LogP contribution in [0, 0.1) is 0 Å². The highest BCUT2D eigenvalue weighted by Gasteiger charge is 2.19. The molecule has 0 aromatic heterocycles. The van der Waals surface area contributed by atoms with Gasteiger partial charge in [0, 0.05) is 0 Å². The highest BCUT2D eigenvalue weighted by atomic mass is 32.2. The van der Waals surface area contributed by atoms with E-state index in [1.54, 1.807) is 31.4 Å². The average molecular weight is 313 g/mol. The van der Waals surface area contributed by atoms with Gasteiger partial charge in [-0.15, -0.1) is 0 Å². The van der Waals surface area contributed by atoms with Crippen LogP contribution in [0.3, 0.4) is 0 Å². The summed E-state index contributed by atoms with van der Waals surface area (Å²) >= 11 is 1.52. The van der Waals surface area contributed by atoms with Crippen LogP contribution in [0.1, 0.15) is 12.0 Å². The van der Waals surface area contributed by atoms with Gasteiger partial charge in [0.25, 0.3) is 0 Å². The number of aliphatic carboxylic acids is 1. The first-order valence-corrected chi connectivity index (χ1v) is 7.74. The molecule has 0 aliphatic rings. The van der Waals surface area contributed by atoms with Gasteiger partial charge in [0.05, 0.1) is 7.11 Å². The van der Waals surface area contributed by atoms with Gasteiger partial charge in [-0.05, 0) is 36.1 Å². The van der Waals surface area contributed by atoms with Gasteiger partial charge in [-0.1, -0.05) is 12.1 Å². The standard InChI is InChI=1S/C14H19NO5S/c1-19-11-5-3-10(4-6-11)9-20-14(18)15-12(13(16)17)7-8-21-2/h3-6,12H,7-9H2,1-2H3,(H,15,18)(H,16,17)/t12-/m1/s1. The minimum atomic E-state index is -1.06. The molecule has 1 amide bonds. The molecule has 0 unspecified atom stereocenters. The molecular formula is C14H19NO5S. The monoisotopic (exact) mass is 313 g/mol. The Morgan fingerprint density at radius 2 is 2.00 bits per heavy atom. The number of thioether (sulfide) groups is 1. The molecule has 7 heteroatoms. The van der Waals surface area contributed by atoms with Gasteiger partial charge < -0.3 is 19.9 Å². The molecule has 0 saturated heterocycles. The topological polar surface area (TPSA) is 84.9 Å². The lowest BCUT2D eigenvalue weighted by Gasteiger charge is -2.14. The van der Waals surface area contributed by atoms with Crippen LogP contribution in [0.2, 0.25) is 0 Å². The Morgan fingerprint density at radius 1 is 1.33 bits per heavy atom. The molecule has 1 atom stereocenters. The number of carbonyl (C=O) groups excluding carboxylic acids is 1.